The number of sulfonamides is 1. The quantitative estimate of drug-likeness (QED) is 0.479. The van der Waals surface area contributed by atoms with E-state index in [4.69, 9.17) is 5.73 Å². The Morgan fingerprint density at radius 1 is 1.50 bits per heavy atom. The predicted molar refractivity (Wildman–Crippen MR) is 78.1 cm³/mol. The molecular formula is C11H15N3O4S2. The third-order valence-corrected chi connectivity index (χ3v) is 5.79. The number of nitrogens with zero attached hydrogens (tertiary/aromatic N) is 1. The molecule has 0 aromatic heterocycles. The third-order valence-electron chi connectivity index (χ3n) is 3.08. The molecule has 1 heterocycles. The Morgan fingerprint density at radius 3 is 2.85 bits per heavy atom. The Balaban J connectivity index is 2.19. The zero-order valence-electron chi connectivity index (χ0n) is 10.6. The molecule has 1 atom stereocenters. The molecule has 9 heteroatoms. The van der Waals surface area contributed by atoms with Crippen LogP contribution in [0.1, 0.15) is 6.42 Å². The SMILES string of the molecule is Nc1ccc([N+](=O)[O-])cc1S(=O)(=O)NCC1CCSC1. The van der Waals surface area contributed by atoms with Gasteiger partial charge in [-0.15, -0.1) is 0 Å². The number of nitrogens with two attached hydrogens (primary N) is 1. The van der Waals surface area contributed by atoms with Gasteiger partial charge in [0.15, 0.2) is 0 Å². The summed E-state index contributed by atoms with van der Waals surface area (Å²) in [5, 5.41) is 10.7. The third kappa shape index (κ3) is 3.41. The van der Waals surface area contributed by atoms with E-state index in [0.29, 0.717) is 12.5 Å². The van der Waals surface area contributed by atoms with Crippen LogP contribution in [0.5, 0.6) is 0 Å². The number of nitro benzene ring substituents is 1. The second-order valence-corrected chi connectivity index (χ2v) is 7.45. The summed E-state index contributed by atoms with van der Waals surface area (Å²) in [4.78, 5) is 9.82. The summed E-state index contributed by atoms with van der Waals surface area (Å²) in [5.41, 5.74) is 5.32. The van der Waals surface area contributed by atoms with Crippen molar-refractivity contribution < 1.29 is 13.3 Å². The largest absolute Gasteiger partial charge is 0.398 e. The number of nitrogen functional groups attached to an aromatic ring is 1. The van der Waals surface area contributed by atoms with Crippen molar-refractivity contribution in [2.75, 3.05) is 23.8 Å². The Hall–Kier alpha value is -1.32. The van der Waals surface area contributed by atoms with E-state index in [0.717, 1.165) is 24.0 Å². The molecule has 0 bridgehead atoms. The smallest absolute Gasteiger partial charge is 0.270 e. The Labute approximate surface area is 121 Å². The second kappa shape index (κ2) is 5.98. The average molecular weight is 317 g/mol. The average Bonchev–Trinajstić information content (AvgIpc) is 2.89. The fourth-order valence-electron chi connectivity index (χ4n) is 1.92. The first-order chi connectivity index (χ1) is 9.40. The van der Waals surface area contributed by atoms with Gasteiger partial charge in [0, 0.05) is 18.7 Å². The number of rotatable bonds is 5. The summed E-state index contributed by atoms with van der Waals surface area (Å²) in [6, 6.07) is 3.40. The van der Waals surface area contributed by atoms with Gasteiger partial charge in [-0.05, 0) is 29.9 Å². The van der Waals surface area contributed by atoms with Crippen molar-refractivity contribution in [1.82, 2.24) is 4.72 Å². The molecule has 20 heavy (non-hydrogen) atoms. The number of hydrogen-bond acceptors (Lipinski definition) is 6. The lowest BCUT2D eigenvalue weighted by Crippen LogP contribution is -2.30. The van der Waals surface area contributed by atoms with Crippen LogP contribution >= 0.6 is 11.8 Å². The molecule has 1 fully saturated rings. The van der Waals surface area contributed by atoms with E-state index in [2.05, 4.69) is 4.72 Å². The minimum atomic E-state index is -3.82. The Kier molecular flexibility index (Phi) is 4.51. The molecule has 0 spiro atoms. The molecule has 0 radical (unpaired) electrons. The zero-order valence-corrected chi connectivity index (χ0v) is 12.2. The van der Waals surface area contributed by atoms with E-state index >= 15 is 0 Å². The molecule has 0 saturated carbocycles. The van der Waals surface area contributed by atoms with E-state index in [1.807, 2.05) is 0 Å². The van der Waals surface area contributed by atoms with Gasteiger partial charge in [0.1, 0.15) is 4.90 Å². The number of thioether (sulfide) groups is 1. The summed E-state index contributed by atoms with van der Waals surface area (Å²) in [7, 11) is -3.82. The monoisotopic (exact) mass is 317 g/mol. The molecule has 110 valence electrons. The van der Waals surface area contributed by atoms with E-state index < -0.39 is 14.9 Å². The molecule has 1 aliphatic heterocycles. The standard InChI is InChI=1S/C11H15N3O4S2/c12-10-2-1-9(14(15)16)5-11(10)20(17,18)13-6-8-3-4-19-7-8/h1-2,5,8,13H,3-4,6-7,12H2. The molecule has 2 rings (SSSR count). The van der Waals surface area contributed by atoms with Crippen LogP contribution in [0.15, 0.2) is 23.1 Å². The van der Waals surface area contributed by atoms with E-state index in [9.17, 15) is 18.5 Å². The molecule has 1 aliphatic rings. The number of nitro groups is 1. The molecule has 0 aliphatic carbocycles. The van der Waals surface area contributed by atoms with Crippen molar-refractivity contribution in [2.45, 2.75) is 11.3 Å². The van der Waals surface area contributed by atoms with Gasteiger partial charge in [0.2, 0.25) is 10.0 Å². The highest BCUT2D eigenvalue weighted by Crippen LogP contribution is 2.26. The lowest BCUT2D eigenvalue weighted by atomic mass is 10.1. The molecule has 0 amide bonds. The van der Waals surface area contributed by atoms with Crippen molar-refractivity contribution in [1.29, 1.82) is 0 Å². The van der Waals surface area contributed by atoms with Crippen LogP contribution in [0.2, 0.25) is 0 Å². The summed E-state index contributed by atoms with van der Waals surface area (Å²) in [6.45, 7) is 0.331. The van der Waals surface area contributed by atoms with Gasteiger partial charge >= 0.3 is 0 Å². The van der Waals surface area contributed by atoms with Crippen molar-refractivity contribution >= 4 is 33.2 Å². The van der Waals surface area contributed by atoms with Crippen LogP contribution in [-0.4, -0.2) is 31.4 Å². The summed E-state index contributed by atoms with van der Waals surface area (Å²) < 4.78 is 26.8. The van der Waals surface area contributed by atoms with Crippen molar-refractivity contribution in [3.05, 3.63) is 28.3 Å². The van der Waals surface area contributed by atoms with Gasteiger partial charge in [-0.1, -0.05) is 0 Å². The van der Waals surface area contributed by atoms with Gasteiger partial charge in [-0.3, -0.25) is 10.1 Å². The highest BCUT2D eigenvalue weighted by Gasteiger charge is 2.23. The zero-order chi connectivity index (χ0) is 14.8. The van der Waals surface area contributed by atoms with Crippen molar-refractivity contribution in [3.63, 3.8) is 0 Å². The fourth-order valence-corrected chi connectivity index (χ4v) is 4.47. The number of nitrogens with one attached hydrogen (secondary N) is 1. The Morgan fingerprint density at radius 2 is 2.25 bits per heavy atom. The number of benzene rings is 1. The summed E-state index contributed by atoms with van der Waals surface area (Å²) in [5.74, 6) is 2.26. The molecule has 1 saturated heterocycles. The molecule has 1 aromatic carbocycles. The molecular weight excluding hydrogens is 302 g/mol. The first-order valence-electron chi connectivity index (χ1n) is 6.01. The van der Waals surface area contributed by atoms with Crippen LogP contribution in [0.3, 0.4) is 0 Å². The maximum atomic E-state index is 12.2. The number of anilines is 1. The van der Waals surface area contributed by atoms with Gasteiger partial charge < -0.3 is 5.73 Å². The first-order valence-corrected chi connectivity index (χ1v) is 8.65. The Bertz CT molecular complexity index is 612. The topological polar surface area (TPSA) is 115 Å². The number of hydrogen-bond donors (Lipinski definition) is 2. The van der Waals surface area contributed by atoms with Crippen LogP contribution in [0.25, 0.3) is 0 Å². The van der Waals surface area contributed by atoms with Crippen molar-refractivity contribution in [2.24, 2.45) is 5.92 Å². The van der Waals surface area contributed by atoms with Crippen LogP contribution < -0.4 is 10.5 Å². The van der Waals surface area contributed by atoms with Crippen LogP contribution in [-0.2, 0) is 10.0 Å². The molecule has 7 nitrogen and oxygen atoms in total. The first kappa shape index (κ1) is 15.1. The van der Waals surface area contributed by atoms with Crippen molar-refractivity contribution in [3.8, 4) is 0 Å². The minimum Gasteiger partial charge on any atom is -0.398 e. The van der Waals surface area contributed by atoms with E-state index in [-0.39, 0.29) is 16.3 Å². The molecule has 1 unspecified atom stereocenters. The highest BCUT2D eigenvalue weighted by molar-refractivity contribution is 7.99. The minimum absolute atomic E-state index is 0.00361. The van der Waals surface area contributed by atoms with Crippen LogP contribution in [0, 0.1) is 16.0 Å². The van der Waals surface area contributed by atoms with Gasteiger partial charge in [0.25, 0.3) is 5.69 Å². The predicted octanol–water partition coefficient (Wildman–Crippen LogP) is 1.21. The van der Waals surface area contributed by atoms with Gasteiger partial charge in [-0.2, -0.15) is 11.8 Å². The fraction of sp³-hybridized carbons (Fsp3) is 0.455. The van der Waals surface area contributed by atoms with Crippen LogP contribution in [0.4, 0.5) is 11.4 Å². The maximum absolute atomic E-state index is 12.2. The van der Waals surface area contributed by atoms with E-state index in [1.54, 1.807) is 11.8 Å². The highest BCUT2D eigenvalue weighted by atomic mass is 32.2. The van der Waals surface area contributed by atoms with Gasteiger partial charge in [-0.25, -0.2) is 13.1 Å². The second-order valence-electron chi connectivity index (χ2n) is 4.56. The molecule has 3 N–H and O–H groups in total. The summed E-state index contributed by atoms with van der Waals surface area (Å²) >= 11 is 1.79. The molecule has 1 aromatic rings. The van der Waals surface area contributed by atoms with E-state index in [1.165, 1.54) is 12.1 Å². The van der Waals surface area contributed by atoms with Gasteiger partial charge in [0.05, 0.1) is 10.6 Å². The lowest BCUT2D eigenvalue weighted by molar-refractivity contribution is -0.385. The maximum Gasteiger partial charge on any atom is 0.270 e. The summed E-state index contributed by atoms with van der Waals surface area (Å²) in [6.07, 6.45) is 0.970. The lowest BCUT2D eigenvalue weighted by Gasteiger charge is -2.12. The number of non-ortho nitro benzene ring substituents is 1. The normalized spacial score (nSPS) is 19.1.